The first-order chi connectivity index (χ1) is 10.6. The van der Waals surface area contributed by atoms with E-state index >= 15 is 0 Å². The predicted octanol–water partition coefficient (Wildman–Crippen LogP) is 2.53. The minimum Gasteiger partial charge on any atom is -0.480 e. The van der Waals surface area contributed by atoms with Crippen LogP contribution in [0.15, 0.2) is 34.8 Å². The van der Waals surface area contributed by atoms with Crippen LogP contribution in [0.2, 0.25) is 0 Å². The van der Waals surface area contributed by atoms with Crippen LogP contribution in [0.4, 0.5) is 0 Å². The van der Waals surface area contributed by atoms with Crippen LogP contribution < -0.4 is 0 Å². The molecule has 1 atom stereocenters. The largest absolute Gasteiger partial charge is 0.480 e. The van der Waals surface area contributed by atoms with E-state index in [-0.39, 0.29) is 11.6 Å². The molecular formula is C15H14BrN3O3. The number of carboxylic acids is 1. The Balaban J connectivity index is 1.91. The van der Waals surface area contributed by atoms with Crippen molar-refractivity contribution in [3.05, 3.63) is 40.5 Å². The van der Waals surface area contributed by atoms with Crippen LogP contribution >= 0.6 is 15.9 Å². The van der Waals surface area contributed by atoms with Crippen LogP contribution in [0.5, 0.6) is 0 Å². The van der Waals surface area contributed by atoms with E-state index < -0.39 is 12.0 Å². The summed E-state index contributed by atoms with van der Waals surface area (Å²) in [5.74, 6) is -1.31. The molecule has 7 heteroatoms. The van der Waals surface area contributed by atoms with Crippen molar-refractivity contribution in [1.82, 2.24) is 15.1 Å². The first-order valence-corrected chi connectivity index (χ1v) is 7.72. The minimum atomic E-state index is -0.968. The number of carbonyl (C=O) groups excluding carboxylic acids is 1. The van der Waals surface area contributed by atoms with E-state index in [0.717, 1.165) is 5.56 Å². The summed E-state index contributed by atoms with van der Waals surface area (Å²) in [6.07, 6.45) is 1.18. The number of carbonyl (C=O) groups is 2. The quantitative estimate of drug-likeness (QED) is 0.876. The average molecular weight is 364 g/mol. The summed E-state index contributed by atoms with van der Waals surface area (Å²) in [5, 5.41) is 16.1. The van der Waals surface area contributed by atoms with Gasteiger partial charge in [-0.05, 0) is 28.8 Å². The molecule has 1 aliphatic heterocycles. The molecule has 1 amide bonds. The normalized spacial score (nSPS) is 17.7. The number of aliphatic carboxylic acids is 1. The number of hydrogen-bond donors (Lipinski definition) is 2. The van der Waals surface area contributed by atoms with E-state index in [1.54, 1.807) is 0 Å². The molecule has 0 saturated carbocycles. The Kier molecular flexibility index (Phi) is 3.98. The minimum absolute atomic E-state index is 0.284. The maximum Gasteiger partial charge on any atom is 0.326 e. The third-order valence-corrected chi connectivity index (χ3v) is 4.54. The molecule has 3 rings (SSSR count). The van der Waals surface area contributed by atoms with Gasteiger partial charge in [-0.15, -0.1) is 0 Å². The summed E-state index contributed by atoms with van der Waals surface area (Å²) < 4.78 is 0.555. The van der Waals surface area contributed by atoms with E-state index in [9.17, 15) is 14.7 Å². The summed E-state index contributed by atoms with van der Waals surface area (Å²) in [4.78, 5) is 25.2. The smallest absolute Gasteiger partial charge is 0.326 e. The molecule has 0 spiro atoms. The lowest BCUT2D eigenvalue weighted by molar-refractivity contribution is -0.141. The van der Waals surface area contributed by atoms with E-state index in [4.69, 9.17) is 0 Å². The molecule has 1 aliphatic rings. The van der Waals surface area contributed by atoms with Gasteiger partial charge in [0.25, 0.3) is 5.91 Å². The Bertz CT molecular complexity index is 714. The Labute approximate surface area is 135 Å². The molecule has 6 nitrogen and oxygen atoms in total. The second-order valence-electron chi connectivity index (χ2n) is 5.12. The molecule has 1 fully saturated rings. The van der Waals surface area contributed by atoms with Crippen LogP contribution in [0.25, 0.3) is 11.3 Å². The van der Waals surface area contributed by atoms with Crippen LogP contribution in [-0.2, 0) is 4.79 Å². The molecule has 2 aromatic rings. The number of amides is 1. The highest BCUT2D eigenvalue weighted by Gasteiger charge is 2.36. The third kappa shape index (κ3) is 2.52. The number of rotatable bonds is 3. The van der Waals surface area contributed by atoms with Gasteiger partial charge < -0.3 is 10.0 Å². The van der Waals surface area contributed by atoms with E-state index in [1.165, 1.54) is 4.90 Å². The molecule has 0 bridgehead atoms. The molecule has 22 heavy (non-hydrogen) atoms. The van der Waals surface area contributed by atoms with Gasteiger partial charge in [-0.25, -0.2) is 4.79 Å². The molecule has 2 heterocycles. The van der Waals surface area contributed by atoms with Crippen molar-refractivity contribution in [2.24, 2.45) is 0 Å². The monoisotopic (exact) mass is 363 g/mol. The molecule has 1 saturated heterocycles. The highest BCUT2D eigenvalue weighted by atomic mass is 79.9. The lowest BCUT2D eigenvalue weighted by Crippen LogP contribution is -2.40. The number of aromatic nitrogens is 2. The zero-order valence-electron chi connectivity index (χ0n) is 11.6. The molecule has 1 aromatic carbocycles. The maximum absolute atomic E-state index is 12.6. The van der Waals surface area contributed by atoms with Crippen molar-refractivity contribution in [3.8, 4) is 11.3 Å². The fraction of sp³-hybridized carbons (Fsp3) is 0.267. The van der Waals surface area contributed by atoms with Crippen molar-refractivity contribution in [1.29, 1.82) is 0 Å². The average Bonchev–Trinajstić information content (AvgIpc) is 3.14. The van der Waals surface area contributed by atoms with Crippen molar-refractivity contribution in [2.45, 2.75) is 18.9 Å². The van der Waals surface area contributed by atoms with Gasteiger partial charge >= 0.3 is 5.97 Å². The summed E-state index contributed by atoms with van der Waals surface area (Å²) in [7, 11) is 0. The summed E-state index contributed by atoms with van der Waals surface area (Å²) >= 11 is 3.40. The molecule has 114 valence electrons. The van der Waals surface area contributed by atoms with Crippen molar-refractivity contribution in [3.63, 3.8) is 0 Å². The highest BCUT2D eigenvalue weighted by Crippen LogP contribution is 2.30. The number of halogens is 1. The second-order valence-corrected chi connectivity index (χ2v) is 5.92. The van der Waals surface area contributed by atoms with Gasteiger partial charge in [0.1, 0.15) is 17.4 Å². The Morgan fingerprint density at radius 2 is 2.05 bits per heavy atom. The SMILES string of the molecule is O=C(O)[C@@H]1CCCN1C(=O)c1[nH]nc(-c2ccccc2)c1Br. The van der Waals surface area contributed by atoms with Gasteiger partial charge in [-0.2, -0.15) is 5.10 Å². The number of nitrogens with zero attached hydrogens (tertiary/aromatic N) is 2. The summed E-state index contributed by atoms with van der Waals surface area (Å²) in [5.41, 5.74) is 1.79. The second kappa shape index (κ2) is 5.92. The predicted molar refractivity (Wildman–Crippen MR) is 83.4 cm³/mol. The summed E-state index contributed by atoms with van der Waals surface area (Å²) in [6.45, 7) is 0.446. The van der Waals surface area contributed by atoms with Gasteiger partial charge in [-0.3, -0.25) is 9.89 Å². The fourth-order valence-corrected chi connectivity index (χ4v) is 3.24. The highest BCUT2D eigenvalue weighted by molar-refractivity contribution is 9.10. The van der Waals surface area contributed by atoms with Crippen LogP contribution in [0.3, 0.4) is 0 Å². The number of H-pyrrole nitrogens is 1. The van der Waals surface area contributed by atoms with Gasteiger partial charge in [0, 0.05) is 12.1 Å². The third-order valence-electron chi connectivity index (χ3n) is 3.77. The van der Waals surface area contributed by atoms with Crippen molar-refractivity contribution < 1.29 is 14.7 Å². The zero-order chi connectivity index (χ0) is 15.7. The van der Waals surface area contributed by atoms with Gasteiger partial charge in [0.15, 0.2) is 0 Å². The number of carboxylic acid groups (broad SMARTS) is 1. The number of likely N-dealkylation sites (tertiary alicyclic amines) is 1. The Hall–Kier alpha value is -2.15. The fourth-order valence-electron chi connectivity index (χ4n) is 2.67. The Morgan fingerprint density at radius 3 is 2.73 bits per heavy atom. The molecule has 0 aliphatic carbocycles. The molecule has 0 radical (unpaired) electrons. The van der Waals surface area contributed by atoms with Crippen LogP contribution in [0.1, 0.15) is 23.3 Å². The van der Waals surface area contributed by atoms with Gasteiger partial charge in [0.2, 0.25) is 0 Å². The van der Waals surface area contributed by atoms with E-state index in [1.807, 2.05) is 30.3 Å². The van der Waals surface area contributed by atoms with E-state index in [0.29, 0.717) is 29.6 Å². The summed E-state index contributed by atoms with van der Waals surface area (Å²) in [6, 6.07) is 8.70. The number of hydrogen-bond acceptors (Lipinski definition) is 3. The molecule has 2 N–H and O–H groups in total. The lowest BCUT2D eigenvalue weighted by atomic mass is 10.1. The van der Waals surface area contributed by atoms with Crippen LogP contribution in [0, 0.1) is 0 Å². The number of aromatic amines is 1. The van der Waals surface area contributed by atoms with Crippen molar-refractivity contribution in [2.75, 3.05) is 6.54 Å². The van der Waals surface area contributed by atoms with Crippen molar-refractivity contribution >= 4 is 27.8 Å². The lowest BCUT2D eigenvalue weighted by Gasteiger charge is -2.20. The van der Waals surface area contributed by atoms with Gasteiger partial charge in [-0.1, -0.05) is 30.3 Å². The standard InChI is InChI=1S/C15H14BrN3O3/c16-11-12(9-5-2-1-3-6-9)17-18-13(11)14(20)19-8-4-7-10(19)15(21)22/h1-3,5-6,10H,4,7-8H2,(H,17,18)(H,21,22)/t10-/m0/s1. The first kappa shape index (κ1) is 14.8. The number of nitrogens with one attached hydrogen (secondary N) is 1. The zero-order valence-corrected chi connectivity index (χ0v) is 13.2. The maximum atomic E-state index is 12.6. The van der Waals surface area contributed by atoms with Gasteiger partial charge in [0.05, 0.1) is 4.47 Å². The molecular weight excluding hydrogens is 350 g/mol. The number of benzene rings is 1. The Morgan fingerprint density at radius 1 is 1.32 bits per heavy atom. The molecule has 0 unspecified atom stereocenters. The van der Waals surface area contributed by atoms with E-state index in [2.05, 4.69) is 26.1 Å². The molecule has 1 aromatic heterocycles. The topological polar surface area (TPSA) is 86.3 Å². The first-order valence-electron chi connectivity index (χ1n) is 6.92. The van der Waals surface area contributed by atoms with Crippen LogP contribution in [-0.4, -0.2) is 44.7 Å².